The SMILES string of the molecule is CCNC(c1ccc(C)c(F)c1F)c1sc(C)nc1C. The molecule has 1 aromatic carbocycles. The summed E-state index contributed by atoms with van der Waals surface area (Å²) in [5.41, 5.74) is 1.51. The first-order valence-electron chi connectivity index (χ1n) is 6.57. The topological polar surface area (TPSA) is 24.9 Å². The highest BCUT2D eigenvalue weighted by atomic mass is 32.1. The molecule has 1 unspecified atom stereocenters. The lowest BCUT2D eigenvalue weighted by molar-refractivity contribution is 0.479. The Kier molecular flexibility index (Phi) is 4.50. The zero-order valence-corrected chi connectivity index (χ0v) is 12.9. The van der Waals surface area contributed by atoms with E-state index in [2.05, 4.69) is 10.3 Å². The fourth-order valence-electron chi connectivity index (χ4n) is 2.25. The first-order chi connectivity index (χ1) is 9.45. The van der Waals surface area contributed by atoms with Gasteiger partial charge in [-0.3, -0.25) is 0 Å². The van der Waals surface area contributed by atoms with Gasteiger partial charge in [0, 0.05) is 10.4 Å². The third kappa shape index (κ3) is 2.74. The smallest absolute Gasteiger partial charge is 0.164 e. The zero-order chi connectivity index (χ0) is 14.9. The molecule has 0 aliphatic carbocycles. The average Bonchev–Trinajstić information content (AvgIpc) is 2.73. The molecular weight excluding hydrogens is 278 g/mol. The summed E-state index contributed by atoms with van der Waals surface area (Å²) in [4.78, 5) is 5.31. The molecule has 0 saturated heterocycles. The lowest BCUT2D eigenvalue weighted by Crippen LogP contribution is -2.23. The Hall–Kier alpha value is -1.33. The van der Waals surface area contributed by atoms with Crippen LogP contribution in [0.25, 0.3) is 0 Å². The Balaban J connectivity index is 2.54. The van der Waals surface area contributed by atoms with Crippen molar-refractivity contribution in [3.63, 3.8) is 0 Å². The summed E-state index contributed by atoms with van der Waals surface area (Å²) in [7, 11) is 0. The highest BCUT2D eigenvalue weighted by molar-refractivity contribution is 7.11. The molecule has 1 N–H and O–H groups in total. The van der Waals surface area contributed by atoms with Crippen LogP contribution in [0.15, 0.2) is 12.1 Å². The van der Waals surface area contributed by atoms with E-state index in [1.54, 1.807) is 19.1 Å². The fourth-order valence-corrected chi connectivity index (χ4v) is 3.27. The highest BCUT2D eigenvalue weighted by Crippen LogP contribution is 2.32. The molecule has 0 spiro atoms. The monoisotopic (exact) mass is 296 g/mol. The molecule has 0 aliphatic rings. The number of hydrogen-bond acceptors (Lipinski definition) is 3. The van der Waals surface area contributed by atoms with Crippen LogP contribution in [0.3, 0.4) is 0 Å². The van der Waals surface area contributed by atoms with E-state index in [0.29, 0.717) is 17.7 Å². The van der Waals surface area contributed by atoms with E-state index in [1.165, 1.54) is 11.3 Å². The Labute approximate surface area is 121 Å². The molecule has 0 radical (unpaired) electrons. The molecule has 0 bridgehead atoms. The van der Waals surface area contributed by atoms with Crippen LogP contribution in [0.4, 0.5) is 8.78 Å². The minimum atomic E-state index is -0.776. The predicted octanol–water partition coefficient (Wildman–Crippen LogP) is 4.05. The van der Waals surface area contributed by atoms with Crippen molar-refractivity contribution >= 4 is 11.3 Å². The standard InChI is InChI=1S/C15H18F2N2S/c1-5-18-14(15-9(3)19-10(4)20-15)11-7-6-8(2)12(16)13(11)17/h6-7,14,18H,5H2,1-4H3. The normalized spacial score (nSPS) is 12.7. The van der Waals surface area contributed by atoms with Gasteiger partial charge < -0.3 is 5.32 Å². The van der Waals surface area contributed by atoms with E-state index in [1.807, 2.05) is 20.8 Å². The molecule has 2 aromatic rings. The molecule has 0 saturated carbocycles. The summed E-state index contributed by atoms with van der Waals surface area (Å²) < 4.78 is 28.0. The number of rotatable bonds is 4. The molecule has 108 valence electrons. The van der Waals surface area contributed by atoms with E-state index in [4.69, 9.17) is 0 Å². The number of aryl methyl sites for hydroxylation is 3. The van der Waals surface area contributed by atoms with Crippen molar-refractivity contribution in [2.45, 2.75) is 33.7 Å². The number of nitrogens with one attached hydrogen (secondary N) is 1. The summed E-state index contributed by atoms with van der Waals surface area (Å²) in [6, 6.07) is 2.90. The maximum Gasteiger partial charge on any atom is 0.164 e. The van der Waals surface area contributed by atoms with Gasteiger partial charge in [-0.05, 0) is 32.9 Å². The molecule has 0 amide bonds. The molecule has 1 aromatic heterocycles. The van der Waals surface area contributed by atoms with Gasteiger partial charge in [-0.1, -0.05) is 19.1 Å². The Bertz CT molecular complexity index is 623. The zero-order valence-electron chi connectivity index (χ0n) is 12.1. The van der Waals surface area contributed by atoms with Crippen LogP contribution in [0.2, 0.25) is 0 Å². The van der Waals surface area contributed by atoms with Crippen LogP contribution >= 0.6 is 11.3 Å². The van der Waals surface area contributed by atoms with Crippen LogP contribution in [-0.4, -0.2) is 11.5 Å². The molecule has 0 aliphatic heterocycles. The van der Waals surface area contributed by atoms with Gasteiger partial charge >= 0.3 is 0 Å². The van der Waals surface area contributed by atoms with Crippen LogP contribution in [-0.2, 0) is 0 Å². The van der Waals surface area contributed by atoms with E-state index in [9.17, 15) is 8.78 Å². The largest absolute Gasteiger partial charge is 0.306 e. The second kappa shape index (κ2) is 5.97. The van der Waals surface area contributed by atoms with Gasteiger partial charge in [0.2, 0.25) is 0 Å². The van der Waals surface area contributed by atoms with Crippen molar-refractivity contribution in [1.82, 2.24) is 10.3 Å². The third-order valence-corrected chi connectivity index (χ3v) is 4.36. The summed E-state index contributed by atoms with van der Waals surface area (Å²) in [6.45, 7) is 7.98. The van der Waals surface area contributed by atoms with E-state index < -0.39 is 11.6 Å². The van der Waals surface area contributed by atoms with Crippen molar-refractivity contribution in [2.24, 2.45) is 0 Å². The van der Waals surface area contributed by atoms with Crippen molar-refractivity contribution < 1.29 is 8.78 Å². The quantitative estimate of drug-likeness (QED) is 0.921. The van der Waals surface area contributed by atoms with Crippen LogP contribution in [0.5, 0.6) is 0 Å². The van der Waals surface area contributed by atoms with Gasteiger partial charge in [0.1, 0.15) is 0 Å². The molecular formula is C15H18F2N2S. The minimum Gasteiger partial charge on any atom is -0.306 e. The van der Waals surface area contributed by atoms with Gasteiger partial charge in [0.15, 0.2) is 11.6 Å². The number of benzene rings is 1. The summed E-state index contributed by atoms with van der Waals surface area (Å²) in [5, 5.41) is 4.15. The fraction of sp³-hybridized carbons (Fsp3) is 0.400. The Morgan fingerprint density at radius 3 is 2.45 bits per heavy atom. The second-order valence-electron chi connectivity index (χ2n) is 4.77. The first-order valence-corrected chi connectivity index (χ1v) is 7.39. The number of nitrogens with zero attached hydrogens (tertiary/aromatic N) is 1. The minimum absolute atomic E-state index is 0.318. The van der Waals surface area contributed by atoms with Crippen LogP contribution < -0.4 is 5.32 Å². The lowest BCUT2D eigenvalue weighted by atomic mass is 10.0. The highest BCUT2D eigenvalue weighted by Gasteiger charge is 2.24. The second-order valence-corrected chi connectivity index (χ2v) is 6.01. The average molecular weight is 296 g/mol. The molecule has 2 nitrogen and oxygen atoms in total. The third-order valence-electron chi connectivity index (χ3n) is 3.23. The van der Waals surface area contributed by atoms with Crippen LogP contribution in [0, 0.1) is 32.4 Å². The Morgan fingerprint density at radius 1 is 1.20 bits per heavy atom. The summed E-state index contributed by atoms with van der Waals surface area (Å²) in [6.07, 6.45) is 0. The van der Waals surface area contributed by atoms with E-state index >= 15 is 0 Å². The number of hydrogen-bond donors (Lipinski definition) is 1. The molecule has 20 heavy (non-hydrogen) atoms. The van der Waals surface area contributed by atoms with Crippen molar-refractivity contribution in [3.05, 3.63) is 50.5 Å². The molecule has 2 rings (SSSR count). The van der Waals surface area contributed by atoms with E-state index in [-0.39, 0.29) is 6.04 Å². The van der Waals surface area contributed by atoms with Gasteiger partial charge in [0.25, 0.3) is 0 Å². The molecule has 0 fully saturated rings. The van der Waals surface area contributed by atoms with Crippen LogP contribution in [0.1, 0.15) is 39.7 Å². The molecule has 5 heteroatoms. The van der Waals surface area contributed by atoms with Crippen molar-refractivity contribution in [1.29, 1.82) is 0 Å². The molecule has 1 atom stereocenters. The van der Waals surface area contributed by atoms with Gasteiger partial charge in [-0.2, -0.15) is 0 Å². The van der Waals surface area contributed by atoms with E-state index in [0.717, 1.165) is 15.6 Å². The predicted molar refractivity (Wildman–Crippen MR) is 78.2 cm³/mol. The first kappa shape index (κ1) is 15.1. The summed E-state index contributed by atoms with van der Waals surface area (Å²) >= 11 is 1.51. The summed E-state index contributed by atoms with van der Waals surface area (Å²) in [5.74, 6) is -1.55. The van der Waals surface area contributed by atoms with Gasteiger partial charge in [0.05, 0.1) is 16.7 Å². The van der Waals surface area contributed by atoms with Gasteiger partial charge in [-0.25, -0.2) is 13.8 Å². The van der Waals surface area contributed by atoms with Crippen molar-refractivity contribution in [2.75, 3.05) is 6.54 Å². The van der Waals surface area contributed by atoms with Gasteiger partial charge in [-0.15, -0.1) is 11.3 Å². The lowest BCUT2D eigenvalue weighted by Gasteiger charge is -2.19. The van der Waals surface area contributed by atoms with Crippen molar-refractivity contribution in [3.8, 4) is 0 Å². The number of halogens is 2. The molecule has 1 heterocycles. The maximum atomic E-state index is 14.2. The number of aromatic nitrogens is 1. The number of thiazole rings is 1. The Morgan fingerprint density at radius 2 is 1.90 bits per heavy atom. The maximum absolute atomic E-state index is 14.2.